The summed E-state index contributed by atoms with van der Waals surface area (Å²) in [4.78, 5) is 31.9. The van der Waals surface area contributed by atoms with Crippen molar-refractivity contribution in [2.45, 2.75) is 38.1 Å². The molecule has 35 heavy (non-hydrogen) atoms. The van der Waals surface area contributed by atoms with E-state index in [0.29, 0.717) is 60.3 Å². The fourth-order valence-corrected chi connectivity index (χ4v) is 6.50. The lowest BCUT2D eigenvalue weighted by atomic mass is 9.83. The van der Waals surface area contributed by atoms with Crippen molar-refractivity contribution in [2.24, 2.45) is 18.4 Å². The van der Waals surface area contributed by atoms with Gasteiger partial charge in [0, 0.05) is 55.2 Å². The van der Waals surface area contributed by atoms with Crippen LogP contribution in [0.15, 0.2) is 24.4 Å². The predicted molar refractivity (Wildman–Crippen MR) is 132 cm³/mol. The molecule has 11 nitrogen and oxygen atoms in total. The van der Waals surface area contributed by atoms with Crippen molar-refractivity contribution in [2.75, 3.05) is 28.3 Å². The van der Waals surface area contributed by atoms with Crippen molar-refractivity contribution < 1.29 is 18.7 Å². The van der Waals surface area contributed by atoms with Gasteiger partial charge in [0.2, 0.25) is 5.91 Å². The lowest BCUT2D eigenvalue weighted by Gasteiger charge is -2.39. The average Bonchev–Trinajstić information content (AvgIpc) is 3.53. The molecule has 2 aromatic heterocycles. The number of aryl methyl sites for hydroxylation is 1. The number of nitrogens with one attached hydrogen (secondary N) is 2. The second-order valence-electron chi connectivity index (χ2n) is 9.59. The minimum Gasteiger partial charge on any atom is -0.348 e. The summed E-state index contributed by atoms with van der Waals surface area (Å²) in [6, 6.07) is 7.30. The van der Waals surface area contributed by atoms with Crippen LogP contribution in [0.3, 0.4) is 0 Å². The van der Waals surface area contributed by atoms with Gasteiger partial charge < -0.3 is 15.5 Å². The summed E-state index contributed by atoms with van der Waals surface area (Å²) in [6.45, 7) is 0.497. The van der Waals surface area contributed by atoms with Gasteiger partial charge in [-0.25, -0.2) is 4.98 Å². The number of amides is 2. The SMILES string of the molecule is Cn1nc(Nc2cc(N3CC[C@@](C#N)(C4CC4)C3=O)ccn2)cc1C(=O)NC1CCS(O)(O)CC1. The Hall–Kier alpha value is -3.14. The molecule has 0 unspecified atom stereocenters. The minimum atomic E-state index is -2.50. The van der Waals surface area contributed by atoms with Gasteiger partial charge in [-0.3, -0.25) is 23.4 Å². The summed E-state index contributed by atoms with van der Waals surface area (Å²) in [5.74, 6) is 1.24. The molecule has 3 fully saturated rings. The Balaban J connectivity index is 1.26. The van der Waals surface area contributed by atoms with Crippen LogP contribution < -0.4 is 15.5 Å². The Morgan fingerprint density at radius 1 is 1.23 bits per heavy atom. The first-order chi connectivity index (χ1) is 16.7. The highest BCUT2D eigenvalue weighted by Gasteiger charge is 2.56. The highest BCUT2D eigenvalue weighted by molar-refractivity contribution is 8.24. The Labute approximate surface area is 204 Å². The molecule has 1 saturated carbocycles. The minimum absolute atomic E-state index is 0.110. The zero-order chi connectivity index (χ0) is 24.8. The molecule has 2 aliphatic heterocycles. The lowest BCUT2D eigenvalue weighted by Crippen LogP contribution is -2.40. The highest BCUT2D eigenvalue weighted by atomic mass is 32.3. The number of aromatic nitrogens is 3. The maximum absolute atomic E-state index is 13.1. The van der Waals surface area contributed by atoms with Gasteiger partial charge in [0.25, 0.3) is 5.91 Å². The molecule has 4 heterocycles. The van der Waals surface area contributed by atoms with E-state index in [1.807, 2.05) is 0 Å². The van der Waals surface area contributed by atoms with E-state index in [-0.39, 0.29) is 23.8 Å². The number of carbonyl (C=O) groups excluding carboxylic acids is 2. The van der Waals surface area contributed by atoms with E-state index in [0.717, 1.165) is 12.8 Å². The van der Waals surface area contributed by atoms with Gasteiger partial charge in [-0.1, -0.05) is 0 Å². The van der Waals surface area contributed by atoms with Crippen LogP contribution in [-0.2, 0) is 11.8 Å². The van der Waals surface area contributed by atoms with Crippen molar-refractivity contribution in [1.82, 2.24) is 20.1 Å². The molecular formula is C23H29N7O4S. The number of nitrogens with zero attached hydrogens (tertiary/aromatic N) is 5. The number of carbonyl (C=O) groups is 2. The van der Waals surface area contributed by atoms with E-state index in [1.165, 1.54) is 4.68 Å². The monoisotopic (exact) mass is 499 g/mol. The molecule has 1 atom stereocenters. The van der Waals surface area contributed by atoms with Crippen molar-refractivity contribution in [3.63, 3.8) is 0 Å². The van der Waals surface area contributed by atoms with Crippen molar-refractivity contribution >= 4 is 39.7 Å². The Bertz CT molecular complexity index is 1190. The van der Waals surface area contributed by atoms with Gasteiger partial charge in [0.1, 0.15) is 16.9 Å². The topological polar surface area (TPSA) is 156 Å². The lowest BCUT2D eigenvalue weighted by molar-refractivity contribution is -0.123. The average molecular weight is 500 g/mol. The molecule has 3 aliphatic rings. The molecule has 0 spiro atoms. The van der Waals surface area contributed by atoms with E-state index >= 15 is 0 Å². The largest absolute Gasteiger partial charge is 0.348 e. The summed E-state index contributed by atoms with van der Waals surface area (Å²) in [6.07, 6.45) is 5.04. The number of anilines is 3. The first-order valence-corrected chi connectivity index (χ1v) is 13.6. The van der Waals surface area contributed by atoms with Gasteiger partial charge in [-0.05, 0) is 44.1 Å². The molecule has 0 radical (unpaired) electrons. The number of pyridine rings is 1. The molecule has 0 aromatic carbocycles. The third-order valence-electron chi connectivity index (χ3n) is 7.18. The number of nitriles is 1. The molecule has 5 rings (SSSR count). The van der Waals surface area contributed by atoms with Crippen LogP contribution in [0.5, 0.6) is 0 Å². The van der Waals surface area contributed by atoms with Crippen molar-refractivity contribution in [3.8, 4) is 6.07 Å². The summed E-state index contributed by atoms with van der Waals surface area (Å²) < 4.78 is 21.0. The van der Waals surface area contributed by atoms with Gasteiger partial charge in [-0.2, -0.15) is 21.0 Å². The number of hydrogen-bond donors (Lipinski definition) is 4. The fourth-order valence-electron chi connectivity index (χ4n) is 4.97. The van der Waals surface area contributed by atoms with E-state index < -0.39 is 16.0 Å². The molecule has 1 aliphatic carbocycles. The van der Waals surface area contributed by atoms with Crippen LogP contribution in [-0.4, -0.2) is 59.8 Å². The van der Waals surface area contributed by atoms with E-state index in [4.69, 9.17) is 0 Å². The molecule has 186 valence electrons. The molecule has 4 N–H and O–H groups in total. The van der Waals surface area contributed by atoms with E-state index in [2.05, 4.69) is 26.8 Å². The standard InChI is InChI=1S/C23H29N7O4S/c1-29-18(21(31)26-16-5-10-35(33,34)11-6-16)13-20(28-29)27-19-12-17(4-8-25-19)30-9-7-23(14-24,22(30)32)15-2-3-15/h4,8,12-13,15-16,33-34H,2-3,5-7,9-11H2,1H3,(H,26,31)(H,25,27,28)/t23-/m1/s1. The predicted octanol–water partition coefficient (Wildman–Crippen LogP) is 2.86. The zero-order valence-electron chi connectivity index (χ0n) is 19.5. The third-order valence-corrected chi connectivity index (χ3v) is 8.95. The third kappa shape index (κ3) is 4.59. The van der Waals surface area contributed by atoms with Crippen molar-refractivity contribution in [1.29, 1.82) is 5.26 Å². The van der Waals surface area contributed by atoms with Crippen LogP contribution in [0.2, 0.25) is 0 Å². The maximum Gasteiger partial charge on any atom is 0.269 e. The quantitative estimate of drug-likeness (QED) is 0.473. The van der Waals surface area contributed by atoms with Gasteiger partial charge in [-0.15, -0.1) is 0 Å². The number of rotatable bonds is 6. The van der Waals surface area contributed by atoms with Gasteiger partial charge in [0.15, 0.2) is 5.82 Å². The second kappa shape index (κ2) is 8.82. The second-order valence-corrected chi connectivity index (χ2v) is 12.0. The zero-order valence-corrected chi connectivity index (χ0v) is 20.3. The normalized spacial score (nSPS) is 25.2. The summed E-state index contributed by atoms with van der Waals surface area (Å²) >= 11 is 0. The Morgan fingerprint density at radius 3 is 2.66 bits per heavy atom. The maximum atomic E-state index is 13.1. The van der Waals surface area contributed by atoms with Crippen LogP contribution in [0, 0.1) is 22.7 Å². The Morgan fingerprint density at radius 2 is 1.97 bits per heavy atom. The van der Waals surface area contributed by atoms with Gasteiger partial charge in [0.05, 0.1) is 6.07 Å². The smallest absolute Gasteiger partial charge is 0.269 e. The molecule has 2 amide bonds. The number of hydrogen-bond acceptors (Lipinski definition) is 8. The molecular weight excluding hydrogens is 470 g/mol. The molecule has 12 heteroatoms. The molecule has 0 bridgehead atoms. The first kappa shape index (κ1) is 23.6. The van der Waals surface area contributed by atoms with Crippen LogP contribution in [0.25, 0.3) is 0 Å². The summed E-state index contributed by atoms with van der Waals surface area (Å²) in [7, 11) is -0.833. The molecule has 2 saturated heterocycles. The van der Waals surface area contributed by atoms with Crippen LogP contribution in [0.4, 0.5) is 17.3 Å². The summed E-state index contributed by atoms with van der Waals surface area (Å²) in [5, 5.41) is 20.1. The van der Waals surface area contributed by atoms with Gasteiger partial charge >= 0.3 is 0 Å². The Kier molecular flexibility index (Phi) is 5.94. The first-order valence-electron chi connectivity index (χ1n) is 11.8. The van der Waals surface area contributed by atoms with Crippen LogP contribution in [0.1, 0.15) is 42.6 Å². The summed E-state index contributed by atoms with van der Waals surface area (Å²) in [5.41, 5.74) is 0.122. The molecule has 2 aromatic rings. The van der Waals surface area contributed by atoms with Crippen LogP contribution >= 0.6 is 10.6 Å². The van der Waals surface area contributed by atoms with Crippen molar-refractivity contribution in [3.05, 3.63) is 30.1 Å². The highest BCUT2D eigenvalue weighted by Crippen LogP contribution is 2.52. The fraction of sp³-hybridized carbons (Fsp3) is 0.522. The van der Waals surface area contributed by atoms with E-state index in [9.17, 15) is 24.0 Å². The van der Waals surface area contributed by atoms with E-state index in [1.54, 1.807) is 36.3 Å².